The van der Waals surface area contributed by atoms with Crippen LogP contribution >= 0.6 is 0 Å². The monoisotopic (exact) mass is 205 g/mol. The summed E-state index contributed by atoms with van der Waals surface area (Å²) in [6.07, 6.45) is 0.507. The van der Waals surface area contributed by atoms with Crippen LogP contribution in [0.15, 0.2) is 30.3 Å². The third-order valence-corrected chi connectivity index (χ3v) is 2.48. The topological polar surface area (TPSA) is 20.3 Å². The van der Waals surface area contributed by atoms with Gasteiger partial charge in [-0.1, -0.05) is 30.3 Å². The molecule has 2 heteroatoms. The minimum atomic E-state index is 0.207. The maximum atomic E-state index is 11.9. The number of hydrogen-bond donors (Lipinski definition) is 0. The van der Waals surface area contributed by atoms with E-state index in [1.807, 2.05) is 56.0 Å². The molecule has 0 aliphatic rings. The van der Waals surface area contributed by atoms with E-state index in [2.05, 4.69) is 0 Å². The zero-order valence-corrected chi connectivity index (χ0v) is 9.73. The van der Waals surface area contributed by atoms with Crippen molar-refractivity contribution in [3.63, 3.8) is 0 Å². The van der Waals surface area contributed by atoms with Crippen molar-refractivity contribution in [2.75, 3.05) is 6.54 Å². The average molecular weight is 205 g/mol. The van der Waals surface area contributed by atoms with Crippen LogP contribution in [-0.4, -0.2) is 23.4 Å². The molecule has 0 bridgehead atoms. The summed E-state index contributed by atoms with van der Waals surface area (Å²) >= 11 is 0. The second kappa shape index (κ2) is 5.54. The summed E-state index contributed by atoms with van der Waals surface area (Å²) in [4.78, 5) is 13.8. The Morgan fingerprint density at radius 3 is 2.33 bits per heavy atom. The lowest BCUT2D eigenvalue weighted by Gasteiger charge is -2.25. The molecule has 15 heavy (non-hydrogen) atoms. The number of rotatable bonds is 4. The van der Waals surface area contributed by atoms with Crippen LogP contribution in [0.1, 0.15) is 26.3 Å². The highest BCUT2D eigenvalue weighted by atomic mass is 16.2. The van der Waals surface area contributed by atoms with E-state index in [0.29, 0.717) is 6.42 Å². The van der Waals surface area contributed by atoms with Crippen molar-refractivity contribution in [1.82, 2.24) is 4.90 Å². The average Bonchev–Trinajstić information content (AvgIpc) is 2.19. The second-order valence-corrected chi connectivity index (χ2v) is 3.94. The van der Waals surface area contributed by atoms with Crippen LogP contribution < -0.4 is 0 Å². The van der Waals surface area contributed by atoms with Crippen LogP contribution in [0.3, 0.4) is 0 Å². The number of carbonyl (C=O) groups excluding carboxylic acids is 1. The zero-order chi connectivity index (χ0) is 11.3. The molecule has 0 heterocycles. The molecule has 82 valence electrons. The SMILES string of the molecule is CCN(C(=O)Cc1ccccc1)C(C)C. The Kier molecular flexibility index (Phi) is 4.35. The first-order chi connectivity index (χ1) is 7.15. The highest BCUT2D eigenvalue weighted by Gasteiger charge is 2.14. The van der Waals surface area contributed by atoms with E-state index < -0.39 is 0 Å². The van der Waals surface area contributed by atoms with Crippen molar-refractivity contribution >= 4 is 5.91 Å². The van der Waals surface area contributed by atoms with Gasteiger partial charge in [0.15, 0.2) is 0 Å². The van der Waals surface area contributed by atoms with Crippen molar-refractivity contribution in [2.45, 2.75) is 33.2 Å². The molecular weight excluding hydrogens is 186 g/mol. The van der Waals surface area contributed by atoms with Crippen LogP contribution in [0.25, 0.3) is 0 Å². The van der Waals surface area contributed by atoms with Gasteiger partial charge < -0.3 is 4.90 Å². The fraction of sp³-hybridized carbons (Fsp3) is 0.462. The maximum Gasteiger partial charge on any atom is 0.227 e. The summed E-state index contributed by atoms with van der Waals surface area (Å²) in [5, 5.41) is 0. The molecule has 1 rings (SSSR count). The third kappa shape index (κ3) is 3.39. The third-order valence-electron chi connectivity index (χ3n) is 2.48. The van der Waals surface area contributed by atoms with Gasteiger partial charge in [0.1, 0.15) is 0 Å². The molecule has 1 aromatic carbocycles. The number of likely N-dealkylation sites (N-methyl/N-ethyl adjacent to an activating group) is 1. The van der Waals surface area contributed by atoms with Gasteiger partial charge >= 0.3 is 0 Å². The predicted molar refractivity (Wildman–Crippen MR) is 62.7 cm³/mol. The number of hydrogen-bond acceptors (Lipinski definition) is 1. The van der Waals surface area contributed by atoms with Gasteiger partial charge in [0.2, 0.25) is 5.91 Å². The lowest BCUT2D eigenvalue weighted by molar-refractivity contribution is -0.131. The summed E-state index contributed by atoms with van der Waals surface area (Å²) in [7, 11) is 0. The standard InChI is InChI=1S/C13H19NO/c1-4-14(11(2)3)13(15)10-12-8-6-5-7-9-12/h5-9,11H,4,10H2,1-3H3. The molecule has 0 aliphatic carbocycles. The molecule has 0 saturated carbocycles. The van der Waals surface area contributed by atoms with Gasteiger partial charge in [-0.25, -0.2) is 0 Å². The Balaban J connectivity index is 2.62. The Morgan fingerprint density at radius 1 is 1.27 bits per heavy atom. The van der Waals surface area contributed by atoms with Crippen LogP contribution in [0, 0.1) is 0 Å². The Hall–Kier alpha value is -1.31. The van der Waals surface area contributed by atoms with Gasteiger partial charge in [-0.15, -0.1) is 0 Å². The quantitative estimate of drug-likeness (QED) is 0.739. The molecule has 0 spiro atoms. The normalized spacial score (nSPS) is 10.4. The largest absolute Gasteiger partial charge is 0.340 e. The highest BCUT2D eigenvalue weighted by Crippen LogP contribution is 2.05. The second-order valence-electron chi connectivity index (χ2n) is 3.94. The molecule has 0 radical (unpaired) electrons. The van der Waals surface area contributed by atoms with Crippen LogP contribution in [0.2, 0.25) is 0 Å². The van der Waals surface area contributed by atoms with E-state index in [-0.39, 0.29) is 11.9 Å². The summed E-state index contributed by atoms with van der Waals surface area (Å²) in [6, 6.07) is 10.2. The van der Waals surface area contributed by atoms with Crippen LogP contribution in [-0.2, 0) is 11.2 Å². The van der Waals surface area contributed by atoms with Crippen LogP contribution in [0.5, 0.6) is 0 Å². The first kappa shape index (κ1) is 11.8. The maximum absolute atomic E-state index is 11.9. The summed E-state index contributed by atoms with van der Waals surface area (Å²) < 4.78 is 0. The first-order valence-corrected chi connectivity index (χ1v) is 5.48. The van der Waals surface area contributed by atoms with Gasteiger partial charge in [0.05, 0.1) is 6.42 Å². The fourth-order valence-corrected chi connectivity index (χ4v) is 1.70. The molecule has 0 aliphatic heterocycles. The molecular formula is C13H19NO. The lowest BCUT2D eigenvalue weighted by Crippen LogP contribution is -2.37. The minimum absolute atomic E-state index is 0.207. The van der Waals surface area contributed by atoms with Gasteiger partial charge in [-0.2, -0.15) is 0 Å². The van der Waals surface area contributed by atoms with E-state index in [1.165, 1.54) is 0 Å². The van der Waals surface area contributed by atoms with Gasteiger partial charge in [-0.05, 0) is 26.3 Å². The smallest absolute Gasteiger partial charge is 0.227 e. The van der Waals surface area contributed by atoms with Crippen LogP contribution in [0.4, 0.5) is 0 Å². The molecule has 2 nitrogen and oxygen atoms in total. The van der Waals surface area contributed by atoms with Gasteiger partial charge in [-0.3, -0.25) is 4.79 Å². The summed E-state index contributed by atoms with van der Waals surface area (Å²) in [6.45, 7) is 6.89. The van der Waals surface area contributed by atoms with Gasteiger partial charge in [0, 0.05) is 12.6 Å². The van der Waals surface area contributed by atoms with E-state index >= 15 is 0 Å². The van der Waals surface area contributed by atoms with Gasteiger partial charge in [0.25, 0.3) is 0 Å². The Labute approximate surface area is 91.9 Å². The fourth-order valence-electron chi connectivity index (χ4n) is 1.70. The van der Waals surface area contributed by atoms with Crippen molar-refractivity contribution < 1.29 is 4.79 Å². The molecule has 1 amide bonds. The highest BCUT2D eigenvalue weighted by molar-refractivity contribution is 5.79. The number of benzene rings is 1. The van der Waals surface area contributed by atoms with Crippen molar-refractivity contribution in [3.8, 4) is 0 Å². The van der Waals surface area contributed by atoms with E-state index in [0.717, 1.165) is 12.1 Å². The Morgan fingerprint density at radius 2 is 1.87 bits per heavy atom. The molecule has 0 atom stereocenters. The van der Waals surface area contributed by atoms with E-state index in [4.69, 9.17) is 0 Å². The molecule has 0 aromatic heterocycles. The van der Waals surface area contributed by atoms with Crippen molar-refractivity contribution in [2.24, 2.45) is 0 Å². The van der Waals surface area contributed by atoms with E-state index in [1.54, 1.807) is 0 Å². The molecule has 0 unspecified atom stereocenters. The predicted octanol–water partition coefficient (Wildman–Crippen LogP) is 2.49. The lowest BCUT2D eigenvalue weighted by atomic mass is 10.1. The molecule has 0 N–H and O–H groups in total. The minimum Gasteiger partial charge on any atom is -0.340 e. The summed E-state index contributed by atoms with van der Waals surface area (Å²) in [5.41, 5.74) is 1.08. The molecule has 1 aromatic rings. The first-order valence-electron chi connectivity index (χ1n) is 5.48. The zero-order valence-electron chi connectivity index (χ0n) is 9.73. The Bertz CT molecular complexity index is 306. The van der Waals surface area contributed by atoms with Crippen molar-refractivity contribution in [1.29, 1.82) is 0 Å². The van der Waals surface area contributed by atoms with Crippen molar-refractivity contribution in [3.05, 3.63) is 35.9 Å². The summed E-state index contributed by atoms with van der Waals surface area (Å²) in [5.74, 6) is 0.207. The number of amides is 1. The van der Waals surface area contributed by atoms with E-state index in [9.17, 15) is 4.79 Å². The molecule has 0 fully saturated rings. The number of carbonyl (C=O) groups is 1. The molecule has 0 saturated heterocycles. The number of nitrogens with zero attached hydrogens (tertiary/aromatic N) is 1.